The van der Waals surface area contributed by atoms with Gasteiger partial charge >= 0.3 is 5.97 Å². The number of carboxylic acids is 1. The van der Waals surface area contributed by atoms with E-state index >= 15 is 0 Å². The van der Waals surface area contributed by atoms with Gasteiger partial charge in [0.05, 0.1) is 19.1 Å². The summed E-state index contributed by atoms with van der Waals surface area (Å²) in [5.74, 6) is -3.36. The van der Waals surface area contributed by atoms with Gasteiger partial charge in [-0.05, 0) is 30.7 Å². The molecule has 2 unspecified atom stereocenters. The van der Waals surface area contributed by atoms with Gasteiger partial charge in [0.2, 0.25) is 5.91 Å². The van der Waals surface area contributed by atoms with Crippen LogP contribution in [0.5, 0.6) is 5.75 Å². The van der Waals surface area contributed by atoms with Gasteiger partial charge in [-0.2, -0.15) is 0 Å². The maximum absolute atomic E-state index is 13.7. The lowest BCUT2D eigenvalue weighted by atomic mass is 9.94. The molecule has 0 saturated heterocycles. The van der Waals surface area contributed by atoms with Gasteiger partial charge < -0.3 is 15.2 Å². The van der Waals surface area contributed by atoms with Crippen LogP contribution >= 0.6 is 0 Å². The van der Waals surface area contributed by atoms with Gasteiger partial charge in [0.25, 0.3) is 0 Å². The van der Waals surface area contributed by atoms with Crippen molar-refractivity contribution in [2.45, 2.75) is 25.8 Å². The number of nitrogens with one attached hydrogen (secondary N) is 1. The number of aliphatic carboxylic acids is 1. The van der Waals surface area contributed by atoms with E-state index < -0.39 is 29.7 Å². The number of ether oxygens (including phenoxy) is 1. The molecule has 28 heavy (non-hydrogen) atoms. The van der Waals surface area contributed by atoms with Crippen molar-refractivity contribution in [3.05, 3.63) is 65.5 Å². The molecule has 0 fully saturated rings. The van der Waals surface area contributed by atoms with Crippen LogP contribution in [-0.2, 0) is 9.59 Å². The SMILES string of the molecule is COc1ccc(C(=O)CCC(=O)NC(c2ccccc2)C(C)C(=O)O)cc1F. The van der Waals surface area contributed by atoms with Gasteiger partial charge in [-0.1, -0.05) is 30.3 Å². The van der Waals surface area contributed by atoms with Crippen LogP contribution in [0.3, 0.4) is 0 Å². The quantitative estimate of drug-likeness (QED) is 0.644. The first-order valence-corrected chi connectivity index (χ1v) is 8.77. The van der Waals surface area contributed by atoms with Crippen LogP contribution in [-0.4, -0.2) is 29.9 Å². The Morgan fingerprint density at radius 2 is 1.79 bits per heavy atom. The molecule has 0 saturated carbocycles. The highest BCUT2D eigenvalue weighted by atomic mass is 19.1. The second-order valence-electron chi connectivity index (χ2n) is 6.36. The highest BCUT2D eigenvalue weighted by Crippen LogP contribution is 2.23. The van der Waals surface area contributed by atoms with Crippen molar-refractivity contribution in [2.24, 2.45) is 5.92 Å². The number of carboxylic acid groups (broad SMARTS) is 1. The van der Waals surface area contributed by atoms with Gasteiger partial charge in [0, 0.05) is 18.4 Å². The first-order chi connectivity index (χ1) is 13.3. The van der Waals surface area contributed by atoms with E-state index in [4.69, 9.17) is 4.74 Å². The fourth-order valence-electron chi connectivity index (χ4n) is 2.76. The van der Waals surface area contributed by atoms with Crippen LogP contribution < -0.4 is 10.1 Å². The van der Waals surface area contributed by atoms with Crippen molar-refractivity contribution in [3.8, 4) is 5.75 Å². The summed E-state index contributed by atoms with van der Waals surface area (Å²) in [6.45, 7) is 1.51. The summed E-state index contributed by atoms with van der Waals surface area (Å²) in [7, 11) is 1.32. The lowest BCUT2D eigenvalue weighted by Gasteiger charge is -2.23. The molecule has 1 amide bonds. The maximum Gasteiger partial charge on any atom is 0.308 e. The molecule has 2 atom stereocenters. The van der Waals surface area contributed by atoms with Crippen molar-refractivity contribution in [1.29, 1.82) is 0 Å². The van der Waals surface area contributed by atoms with E-state index in [1.54, 1.807) is 30.3 Å². The molecule has 2 aromatic rings. The number of hydrogen-bond donors (Lipinski definition) is 2. The molecule has 0 aliphatic carbocycles. The van der Waals surface area contributed by atoms with Crippen molar-refractivity contribution >= 4 is 17.7 Å². The molecule has 0 bridgehead atoms. The van der Waals surface area contributed by atoms with E-state index in [1.807, 2.05) is 0 Å². The molecule has 0 aliphatic heterocycles. The number of benzene rings is 2. The standard InChI is InChI=1S/C21H22FNO5/c1-13(21(26)27)20(14-6-4-3-5-7-14)23-19(25)11-9-17(24)15-8-10-18(28-2)16(22)12-15/h3-8,10,12-13,20H,9,11H2,1-2H3,(H,23,25)(H,26,27). The number of hydrogen-bond acceptors (Lipinski definition) is 4. The molecule has 2 rings (SSSR count). The highest BCUT2D eigenvalue weighted by Gasteiger charge is 2.26. The van der Waals surface area contributed by atoms with Crippen molar-refractivity contribution < 1.29 is 28.6 Å². The Kier molecular flexibility index (Phi) is 7.26. The third kappa shape index (κ3) is 5.39. The van der Waals surface area contributed by atoms with Crippen LogP contribution in [0.4, 0.5) is 4.39 Å². The maximum atomic E-state index is 13.7. The molecule has 0 aliphatic rings. The normalized spacial score (nSPS) is 12.7. The third-order valence-electron chi connectivity index (χ3n) is 4.42. The molecule has 0 radical (unpaired) electrons. The predicted octanol–water partition coefficient (Wildman–Crippen LogP) is 3.38. The lowest BCUT2D eigenvalue weighted by molar-refractivity contribution is -0.142. The molecule has 0 heterocycles. The second-order valence-corrected chi connectivity index (χ2v) is 6.36. The van der Waals surface area contributed by atoms with Crippen LogP contribution in [0.2, 0.25) is 0 Å². The number of carbonyl (C=O) groups excluding carboxylic acids is 2. The lowest BCUT2D eigenvalue weighted by Crippen LogP contribution is -2.35. The van der Waals surface area contributed by atoms with Gasteiger partial charge in [-0.3, -0.25) is 14.4 Å². The van der Waals surface area contributed by atoms with Crippen LogP contribution in [0.25, 0.3) is 0 Å². The summed E-state index contributed by atoms with van der Waals surface area (Å²) in [5, 5.41) is 12.0. The first-order valence-electron chi connectivity index (χ1n) is 8.77. The smallest absolute Gasteiger partial charge is 0.308 e. The summed E-state index contributed by atoms with van der Waals surface area (Å²) in [4.78, 5) is 35.9. The van der Waals surface area contributed by atoms with Crippen molar-refractivity contribution in [3.63, 3.8) is 0 Å². The number of rotatable bonds is 9. The number of ketones is 1. The topological polar surface area (TPSA) is 92.7 Å². The Morgan fingerprint density at radius 1 is 1.11 bits per heavy atom. The molecule has 148 valence electrons. The van der Waals surface area contributed by atoms with E-state index in [0.717, 1.165) is 6.07 Å². The number of Topliss-reactive ketones (excluding diaryl/α,β-unsaturated/α-hetero) is 1. The second kappa shape index (κ2) is 9.64. The van der Waals surface area contributed by atoms with E-state index in [0.29, 0.717) is 5.56 Å². The van der Waals surface area contributed by atoms with Crippen molar-refractivity contribution in [1.82, 2.24) is 5.32 Å². The molecular formula is C21H22FNO5. The Bertz CT molecular complexity index is 853. The molecule has 2 N–H and O–H groups in total. The van der Waals surface area contributed by atoms with E-state index in [-0.39, 0.29) is 29.9 Å². The fraction of sp³-hybridized carbons (Fsp3) is 0.286. The molecule has 7 heteroatoms. The number of halogens is 1. The summed E-state index contributed by atoms with van der Waals surface area (Å²) >= 11 is 0. The third-order valence-corrected chi connectivity index (χ3v) is 4.42. The van der Waals surface area contributed by atoms with E-state index in [9.17, 15) is 23.9 Å². The number of carbonyl (C=O) groups is 3. The summed E-state index contributed by atoms with van der Waals surface area (Å²) in [6, 6.07) is 11.9. The molecule has 2 aromatic carbocycles. The minimum absolute atomic E-state index is 0.0302. The fourth-order valence-corrected chi connectivity index (χ4v) is 2.76. The predicted molar refractivity (Wildman–Crippen MR) is 101 cm³/mol. The van der Waals surface area contributed by atoms with Gasteiger partial charge in [0.1, 0.15) is 0 Å². The molecular weight excluding hydrogens is 365 g/mol. The van der Waals surface area contributed by atoms with E-state index in [2.05, 4.69) is 5.32 Å². The summed E-state index contributed by atoms with van der Waals surface area (Å²) < 4.78 is 18.5. The zero-order chi connectivity index (χ0) is 20.7. The molecule has 0 aromatic heterocycles. The van der Waals surface area contributed by atoms with Crippen LogP contribution in [0, 0.1) is 11.7 Å². The van der Waals surface area contributed by atoms with Crippen LogP contribution in [0.1, 0.15) is 41.7 Å². The van der Waals surface area contributed by atoms with Gasteiger partial charge in [-0.25, -0.2) is 4.39 Å². The first kappa shape index (κ1) is 21.1. The Labute approximate surface area is 162 Å². The number of amides is 1. The minimum atomic E-state index is -1.04. The zero-order valence-electron chi connectivity index (χ0n) is 15.6. The highest BCUT2D eigenvalue weighted by molar-refractivity contribution is 5.98. The Morgan fingerprint density at radius 3 is 2.36 bits per heavy atom. The van der Waals surface area contributed by atoms with Crippen molar-refractivity contribution in [2.75, 3.05) is 7.11 Å². The van der Waals surface area contributed by atoms with Gasteiger partial charge in [0.15, 0.2) is 17.3 Å². The zero-order valence-corrected chi connectivity index (χ0v) is 15.6. The Hall–Kier alpha value is -3.22. The summed E-state index contributed by atoms with van der Waals surface area (Å²) in [5.41, 5.74) is 0.805. The van der Waals surface area contributed by atoms with Gasteiger partial charge in [-0.15, -0.1) is 0 Å². The number of methoxy groups -OCH3 is 1. The monoisotopic (exact) mass is 387 g/mol. The average Bonchev–Trinajstić information content (AvgIpc) is 2.70. The molecule has 6 nitrogen and oxygen atoms in total. The average molecular weight is 387 g/mol. The largest absolute Gasteiger partial charge is 0.494 e. The minimum Gasteiger partial charge on any atom is -0.494 e. The molecule has 0 spiro atoms. The van der Waals surface area contributed by atoms with E-state index in [1.165, 1.54) is 26.2 Å². The van der Waals surface area contributed by atoms with Crippen LogP contribution in [0.15, 0.2) is 48.5 Å². The summed E-state index contributed by atoms with van der Waals surface area (Å²) in [6.07, 6.45) is -0.261. The Balaban J connectivity index is 2.01.